The highest BCUT2D eigenvalue weighted by molar-refractivity contribution is 6.42. The molecule has 3 N–H and O–H groups in total. The van der Waals surface area contributed by atoms with Crippen LogP contribution in [-0.4, -0.2) is 53.3 Å². The number of carbonyl (C=O) groups excluding carboxylic acids is 1. The standard InChI is InChI=1S/C24H28Cl2N2O3/c1-28-8-7-24(16-3-2-4-18(29)11-16)13-17(12-22(30)19(24)14-28)27-23(31)10-15-5-6-20(25)21(26)9-15/h2-6,9,11,17,19,22,29-30H,7-8,10,12-14H2,1H3,(H,27,31). The van der Waals surface area contributed by atoms with E-state index < -0.39 is 6.10 Å². The second kappa shape index (κ2) is 8.99. The summed E-state index contributed by atoms with van der Waals surface area (Å²) in [5, 5.41) is 25.2. The molecule has 1 amide bonds. The van der Waals surface area contributed by atoms with Crippen molar-refractivity contribution in [2.75, 3.05) is 20.1 Å². The molecule has 1 saturated carbocycles. The van der Waals surface area contributed by atoms with E-state index >= 15 is 0 Å². The van der Waals surface area contributed by atoms with Crippen LogP contribution in [0.25, 0.3) is 0 Å². The van der Waals surface area contributed by atoms with Gasteiger partial charge < -0.3 is 20.4 Å². The molecule has 31 heavy (non-hydrogen) atoms. The highest BCUT2D eigenvalue weighted by Crippen LogP contribution is 2.49. The Labute approximate surface area is 193 Å². The van der Waals surface area contributed by atoms with Gasteiger partial charge in [0.2, 0.25) is 5.91 Å². The first-order valence-corrected chi connectivity index (χ1v) is 11.4. The predicted octanol–water partition coefficient (Wildman–Crippen LogP) is 3.77. The van der Waals surface area contributed by atoms with E-state index in [1.165, 1.54) is 0 Å². The molecule has 4 rings (SSSR count). The van der Waals surface area contributed by atoms with Crippen LogP contribution in [0.3, 0.4) is 0 Å². The molecule has 1 aliphatic heterocycles. The molecule has 2 aromatic rings. The van der Waals surface area contributed by atoms with Crippen molar-refractivity contribution >= 4 is 29.1 Å². The molecule has 0 radical (unpaired) electrons. The van der Waals surface area contributed by atoms with E-state index in [2.05, 4.69) is 17.3 Å². The van der Waals surface area contributed by atoms with Gasteiger partial charge in [0.05, 0.1) is 22.6 Å². The molecule has 2 aliphatic rings. The van der Waals surface area contributed by atoms with Crippen LogP contribution >= 0.6 is 23.2 Å². The SMILES string of the molecule is CN1CCC2(c3cccc(O)c3)CC(NC(=O)Cc3ccc(Cl)c(Cl)c3)CC(O)C2C1. The maximum atomic E-state index is 12.8. The molecule has 1 heterocycles. The number of phenolic OH excluding ortho intramolecular Hbond substituents is 1. The normalized spacial score (nSPS) is 28.7. The quantitative estimate of drug-likeness (QED) is 0.646. The van der Waals surface area contributed by atoms with Gasteiger partial charge in [0.1, 0.15) is 5.75 Å². The molecule has 0 spiro atoms. The van der Waals surface area contributed by atoms with Gasteiger partial charge in [-0.2, -0.15) is 0 Å². The van der Waals surface area contributed by atoms with Gasteiger partial charge in [0.15, 0.2) is 0 Å². The molecule has 4 atom stereocenters. The maximum Gasteiger partial charge on any atom is 0.224 e. The molecule has 166 valence electrons. The second-order valence-corrected chi connectivity index (χ2v) is 9.84. The largest absolute Gasteiger partial charge is 0.508 e. The van der Waals surface area contributed by atoms with Crippen molar-refractivity contribution in [3.63, 3.8) is 0 Å². The molecule has 5 nitrogen and oxygen atoms in total. The van der Waals surface area contributed by atoms with Gasteiger partial charge >= 0.3 is 0 Å². The molecular formula is C24H28Cl2N2O3. The summed E-state index contributed by atoms with van der Waals surface area (Å²) in [7, 11) is 2.07. The van der Waals surface area contributed by atoms with Gasteiger partial charge in [0, 0.05) is 23.9 Å². The van der Waals surface area contributed by atoms with Gasteiger partial charge in [0.25, 0.3) is 0 Å². The number of aliphatic hydroxyl groups excluding tert-OH is 1. The summed E-state index contributed by atoms with van der Waals surface area (Å²) in [6.45, 7) is 1.70. The minimum atomic E-state index is -0.533. The number of halogens is 2. The number of aromatic hydroxyl groups is 1. The Morgan fingerprint density at radius 1 is 1.23 bits per heavy atom. The van der Waals surface area contributed by atoms with Gasteiger partial charge in [-0.1, -0.05) is 41.4 Å². The number of piperidine rings is 1. The lowest BCUT2D eigenvalue weighted by molar-refractivity contribution is -0.122. The smallest absolute Gasteiger partial charge is 0.224 e. The van der Waals surface area contributed by atoms with Crippen molar-refractivity contribution in [1.29, 1.82) is 0 Å². The molecule has 1 aliphatic carbocycles. The number of rotatable bonds is 4. The Bertz CT molecular complexity index is 970. The number of amides is 1. The lowest BCUT2D eigenvalue weighted by Gasteiger charge is -2.54. The highest BCUT2D eigenvalue weighted by atomic mass is 35.5. The van der Waals surface area contributed by atoms with Crippen LogP contribution in [0.5, 0.6) is 5.75 Å². The molecule has 1 saturated heterocycles. The van der Waals surface area contributed by atoms with Crippen LogP contribution < -0.4 is 5.32 Å². The number of nitrogens with zero attached hydrogens (tertiary/aromatic N) is 1. The summed E-state index contributed by atoms with van der Waals surface area (Å²) in [6, 6.07) is 12.4. The summed E-state index contributed by atoms with van der Waals surface area (Å²) in [5.41, 5.74) is 1.54. The average molecular weight is 463 g/mol. The van der Waals surface area contributed by atoms with Crippen LogP contribution in [-0.2, 0) is 16.6 Å². The Morgan fingerprint density at radius 2 is 2.03 bits per heavy atom. The third-order valence-corrected chi connectivity index (χ3v) is 7.63. The summed E-state index contributed by atoms with van der Waals surface area (Å²) < 4.78 is 0. The Hall–Kier alpha value is -1.79. The van der Waals surface area contributed by atoms with Crippen LogP contribution in [0, 0.1) is 5.92 Å². The van der Waals surface area contributed by atoms with E-state index in [-0.39, 0.29) is 35.5 Å². The first-order valence-electron chi connectivity index (χ1n) is 10.7. The molecule has 7 heteroatoms. The van der Waals surface area contributed by atoms with E-state index in [0.29, 0.717) is 16.5 Å². The summed E-state index contributed by atoms with van der Waals surface area (Å²) in [6.07, 6.45) is 1.79. The number of likely N-dealkylation sites (tertiary alicyclic amines) is 1. The van der Waals surface area contributed by atoms with Crippen molar-refractivity contribution in [1.82, 2.24) is 10.2 Å². The van der Waals surface area contributed by atoms with Crippen molar-refractivity contribution in [2.45, 2.75) is 43.2 Å². The number of aliphatic hydroxyl groups is 1. The van der Waals surface area contributed by atoms with Crippen molar-refractivity contribution in [3.05, 3.63) is 63.6 Å². The predicted molar refractivity (Wildman–Crippen MR) is 123 cm³/mol. The summed E-state index contributed by atoms with van der Waals surface area (Å²) >= 11 is 12.0. The third kappa shape index (κ3) is 4.70. The van der Waals surface area contributed by atoms with E-state index in [1.54, 1.807) is 24.3 Å². The Morgan fingerprint density at radius 3 is 2.77 bits per heavy atom. The van der Waals surface area contributed by atoms with Crippen LogP contribution in [0.1, 0.15) is 30.4 Å². The zero-order valence-corrected chi connectivity index (χ0v) is 19.0. The van der Waals surface area contributed by atoms with Gasteiger partial charge in [-0.25, -0.2) is 0 Å². The second-order valence-electron chi connectivity index (χ2n) is 9.02. The minimum absolute atomic E-state index is 0.0521. The lowest BCUT2D eigenvalue weighted by Crippen LogP contribution is -2.60. The molecule has 2 fully saturated rings. The third-order valence-electron chi connectivity index (χ3n) is 6.89. The fraction of sp³-hybridized carbons (Fsp3) is 0.458. The zero-order chi connectivity index (χ0) is 22.2. The van der Waals surface area contributed by atoms with Crippen LogP contribution in [0.2, 0.25) is 10.0 Å². The van der Waals surface area contributed by atoms with Gasteiger partial charge in [-0.05, 0) is 68.2 Å². The summed E-state index contributed by atoms with van der Waals surface area (Å²) in [4.78, 5) is 15.0. The molecule has 4 unspecified atom stereocenters. The fourth-order valence-corrected chi connectivity index (χ4v) is 5.74. The molecular weight excluding hydrogens is 435 g/mol. The number of benzene rings is 2. The van der Waals surface area contributed by atoms with Crippen molar-refractivity contribution in [3.8, 4) is 5.75 Å². The maximum absolute atomic E-state index is 12.8. The number of carbonyl (C=O) groups is 1. The van der Waals surface area contributed by atoms with Crippen LogP contribution in [0.4, 0.5) is 0 Å². The van der Waals surface area contributed by atoms with Gasteiger partial charge in [-0.3, -0.25) is 4.79 Å². The monoisotopic (exact) mass is 462 g/mol. The lowest BCUT2D eigenvalue weighted by atomic mass is 9.57. The van der Waals surface area contributed by atoms with Crippen molar-refractivity contribution < 1.29 is 15.0 Å². The number of phenols is 1. The molecule has 0 aromatic heterocycles. The number of nitrogens with one attached hydrogen (secondary N) is 1. The first-order chi connectivity index (χ1) is 14.8. The van der Waals surface area contributed by atoms with E-state index in [4.69, 9.17) is 23.2 Å². The van der Waals surface area contributed by atoms with E-state index in [0.717, 1.165) is 37.1 Å². The average Bonchev–Trinajstić information content (AvgIpc) is 2.71. The van der Waals surface area contributed by atoms with Crippen LogP contribution in [0.15, 0.2) is 42.5 Å². The topological polar surface area (TPSA) is 72.8 Å². The minimum Gasteiger partial charge on any atom is -0.508 e. The van der Waals surface area contributed by atoms with Gasteiger partial charge in [-0.15, -0.1) is 0 Å². The number of hydrogen-bond donors (Lipinski definition) is 3. The number of fused-ring (bicyclic) bond motifs is 1. The zero-order valence-electron chi connectivity index (χ0n) is 17.5. The Kier molecular flexibility index (Phi) is 6.50. The van der Waals surface area contributed by atoms with E-state index in [9.17, 15) is 15.0 Å². The highest BCUT2D eigenvalue weighted by Gasteiger charge is 2.51. The summed E-state index contributed by atoms with van der Waals surface area (Å²) in [5.74, 6) is 0.175. The first kappa shape index (κ1) is 22.4. The van der Waals surface area contributed by atoms with Crippen molar-refractivity contribution in [2.24, 2.45) is 5.92 Å². The number of hydrogen-bond acceptors (Lipinski definition) is 4. The van der Waals surface area contributed by atoms with E-state index in [1.807, 2.05) is 18.2 Å². The fourth-order valence-electron chi connectivity index (χ4n) is 5.42. The molecule has 0 bridgehead atoms. The molecule has 2 aromatic carbocycles. The Balaban J connectivity index is 1.55.